The van der Waals surface area contributed by atoms with Gasteiger partial charge in [0, 0.05) is 25.1 Å². The third kappa shape index (κ3) is 3.56. The first-order chi connectivity index (χ1) is 12.8. The molecule has 4 rings (SSSR count). The van der Waals surface area contributed by atoms with Crippen molar-refractivity contribution in [1.82, 2.24) is 24.7 Å². The normalized spacial score (nSPS) is 14.0. The van der Waals surface area contributed by atoms with Gasteiger partial charge in [-0.2, -0.15) is 0 Å². The van der Waals surface area contributed by atoms with Gasteiger partial charge >= 0.3 is 0 Å². The summed E-state index contributed by atoms with van der Waals surface area (Å²) in [6.07, 6.45) is 7.41. The zero-order valence-corrected chi connectivity index (χ0v) is 16.4. The number of thiophene rings is 1. The molecule has 0 unspecified atom stereocenters. The highest BCUT2D eigenvalue weighted by Crippen LogP contribution is 2.38. The molecule has 0 saturated carbocycles. The molecule has 3 heterocycles. The average Bonchev–Trinajstić information content (AvgIpc) is 3.24. The van der Waals surface area contributed by atoms with Crippen molar-refractivity contribution in [3.8, 4) is 0 Å². The maximum absolute atomic E-state index is 6.28. The summed E-state index contributed by atoms with van der Waals surface area (Å²) in [5.74, 6) is 2.00. The first kappa shape index (κ1) is 17.7. The van der Waals surface area contributed by atoms with Crippen LogP contribution in [0.5, 0.6) is 0 Å². The maximum atomic E-state index is 6.28. The Morgan fingerprint density at radius 3 is 3.08 bits per heavy atom. The second kappa shape index (κ2) is 7.89. The van der Waals surface area contributed by atoms with Crippen LogP contribution >= 0.6 is 23.1 Å². The summed E-state index contributed by atoms with van der Waals surface area (Å²) in [6.45, 7) is 1.56. The van der Waals surface area contributed by atoms with Crippen LogP contribution in [-0.4, -0.2) is 38.4 Å². The van der Waals surface area contributed by atoms with Gasteiger partial charge < -0.3 is 15.0 Å². The second-order valence-electron chi connectivity index (χ2n) is 6.36. The van der Waals surface area contributed by atoms with E-state index in [2.05, 4.69) is 15.2 Å². The number of rotatable bonds is 7. The summed E-state index contributed by atoms with van der Waals surface area (Å²) in [5, 5.41) is 10.2. The monoisotopic (exact) mass is 390 g/mol. The van der Waals surface area contributed by atoms with Crippen LogP contribution in [0.2, 0.25) is 0 Å². The lowest BCUT2D eigenvalue weighted by Gasteiger charge is -2.10. The van der Waals surface area contributed by atoms with E-state index in [-0.39, 0.29) is 0 Å². The lowest BCUT2D eigenvalue weighted by molar-refractivity contribution is 0.189. The van der Waals surface area contributed by atoms with Crippen LogP contribution in [0.15, 0.2) is 11.5 Å². The lowest BCUT2D eigenvalue weighted by Crippen LogP contribution is -2.04. The fourth-order valence-electron chi connectivity index (χ4n) is 3.31. The molecule has 9 heteroatoms. The molecule has 7 nitrogen and oxygen atoms in total. The number of nitrogen functional groups attached to an aromatic ring is 1. The van der Waals surface area contributed by atoms with Crippen molar-refractivity contribution in [2.45, 2.75) is 49.6 Å². The van der Waals surface area contributed by atoms with E-state index in [4.69, 9.17) is 15.5 Å². The molecule has 0 amide bonds. The van der Waals surface area contributed by atoms with Gasteiger partial charge in [0.1, 0.15) is 22.8 Å². The van der Waals surface area contributed by atoms with E-state index in [1.165, 1.54) is 23.3 Å². The van der Waals surface area contributed by atoms with Gasteiger partial charge in [0.15, 0.2) is 5.16 Å². The Bertz CT molecular complexity index is 906. The summed E-state index contributed by atoms with van der Waals surface area (Å²) < 4.78 is 7.14. The highest BCUT2D eigenvalue weighted by molar-refractivity contribution is 7.98. The molecule has 0 aromatic carbocycles. The number of hydrogen-bond donors (Lipinski definition) is 1. The third-order valence-electron chi connectivity index (χ3n) is 4.55. The molecule has 0 fully saturated rings. The molecule has 0 atom stereocenters. The van der Waals surface area contributed by atoms with Crippen molar-refractivity contribution in [3.63, 3.8) is 0 Å². The van der Waals surface area contributed by atoms with Crippen LogP contribution in [0.1, 0.15) is 35.5 Å². The minimum Gasteiger partial charge on any atom is -0.385 e. The minimum absolute atomic E-state index is 0.617. The van der Waals surface area contributed by atoms with Crippen molar-refractivity contribution >= 4 is 39.1 Å². The summed E-state index contributed by atoms with van der Waals surface area (Å²) in [4.78, 5) is 11.8. The Morgan fingerprint density at radius 1 is 1.31 bits per heavy atom. The molecule has 3 aromatic rings. The SMILES string of the molecule is COCCCn1cnnc1SCc1nc(N)c2c3c(sc2n1)CCCC3. The van der Waals surface area contributed by atoms with Crippen molar-refractivity contribution in [1.29, 1.82) is 0 Å². The van der Waals surface area contributed by atoms with Crippen molar-refractivity contribution in [2.75, 3.05) is 19.5 Å². The summed E-state index contributed by atoms with van der Waals surface area (Å²) in [7, 11) is 1.71. The van der Waals surface area contributed by atoms with Crippen molar-refractivity contribution in [3.05, 3.63) is 22.6 Å². The van der Waals surface area contributed by atoms with E-state index >= 15 is 0 Å². The standard InChI is InChI=1S/C17H22N6OS2/c1-24-8-4-7-23-10-19-22-17(23)25-9-13-20-15(18)14-11-5-2-3-6-12(11)26-16(14)21-13/h10H,2-9H2,1H3,(H2,18,20,21). The largest absolute Gasteiger partial charge is 0.385 e. The number of methoxy groups -OCH3 is 1. The van der Waals surface area contributed by atoms with Crippen LogP contribution in [-0.2, 0) is 29.9 Å². The molecule has 2 N–H and O–H groups in total. The van der Waals surface area contributed by atoms with Crippen molar-refractivity contribution < 1.29 is 4.74 Å². The quantitative estimate of drug-likeness (QED) is 0.489. The minimum atomic E-state index is 0.617. The molecule has 0 bridgehead atoms. The van der Waals surface area contributed by atoms with Gasteiger partial charge in [0.2, 0.25) is 0 Å². The van der Waals surface area contributed by atoms with Crippen LogP contribution < -0.4 is 5.73 Å². The van der Waals surface area contributed by atoms with Gasteiger partial charge in [-0.15, -0.1) is 21.5 Å². The van der Waals surface area contributed by atoms with Crippen molar-refractivity contribution in [2.24, 2.45) is 0 Å². The molecular formula is C17H22N6OS2. The van der Waals surface area contributed by atoms with Gasteiger partial charge in [-0.1, -0.05) is 11.8 Å². The van der Waals surface area contributed by atoms with Crippen LogP contribution in [0.4, 0.5) is 5.82 Å². The predicted octanol–water partition coefficient (Wildman–Crippen LogP) is 3.07. The molecule has 1 aliphatic rings. The van der Waals surface area contributed by atoms with Gasteiger partial charge in [-0.25, -0.2) is 9.97 Å². The number of thioether (sulfide) groups is 1. The first-order valence-electron chi connectivity index (χ1n) is 8.82. The molecule has 0 saturated heterocycles. The van der Waals surface area contributed by atoms with Gasteiger partial charge in [0.25, 0.3) is 0 Å². The Balaban J connectivity index is 1.51. The highest BCUT2D eigenvalue weighted by Gasteiger charge is 2.20. The number of fused-ring (bicyclic) bond motifs is 3. The fourth-order valence-corrected chi connectivity index (χ4v) is 5.40. The lowest BCUT2D eigenvalue weighted by atomic mass is 9.97. The van der Waals surface area contributed by atoms with Crippen LogP contribution in [0, 0.1) is 0 Å². The van der Waals surface area contributed by atoms with E-state index in [0.29, 0.717) is 11.6 Å². The number of aryl methyl sites for hydroxylation is 3. The second-order valence-corrected chi connectivity index (χ2v) is 8.38. The fraction of sp³-hybridized carbons (Fsp3) is 0.529. The maximum Gasteiger partial charge on any atom is 0.191 e. The van der Waals surface area contributed by atoms with E-state index in [9.17, 15) is 0 Å². The molecule has 0 spiro atoms. The molecule has 138 valence electrons. The van der Waals surface area contributed by atoms with E-state index in [1.807, 2.05) is 4.57 Å². The zero-order valence-electron chi connectivity index (χ0n) is 14.8. The van der Waals surface area contributed by atoms with Crippen LogP contribution in [0.25, 0.3) is 10.2 Å². The topological polar surface area (TPSA) is 91.7 Å². The molecular weight excluding hydrogens is 368 g/mol. The number of hydrogen-bond acceptors (Lipinski definition) is 8. The number of aromatic nitrogens is 5. The molecule has 1 aliphatic carbocycles. The summed E-state index contributed by atoms with van der Waals surface area (Å²) in [5.41, 5.74) is 7.67. The Kier molecular flexibility index (Phi) is 5.37. The van der Waals surface area contributed by atoms with Gasteiger partial charge in [-0.05, 0) is 37.7 Å². The van der Waals surface area contributed by atoms with E-state index < -0.39 is 0 Å². The van der Waals surface area contributed by atoms with Gasteiger partial charge in [-0.3, -0.25) is 0 Å². The first-order valence-corrected chi connectivity index (χ1v) is 10.6. The Hall–Kier alpha value is -1.71. The highest BCUT2D eigenvalue weighted by atomic mass is 32.2. The van der Waals surface area contributed by atoms with E-state index in [0.717, 1.165) is 53.6 Å². The summed E-state index contributed by atoms with van der Waals surface area (Å²) in [6, 6.07) is 0. The zero-order chi connectivity index (χ0) is 17.9. The molecule has 0 aliphatic heterocycles. The third-order valence-corrected chi connectivity index (χ3v) is 6.71. The summed E-state index contributed by atoms with van der Waals surface area (Å²) >= 11 is 3.37. The molecule has 3 aromatic heterocycles. The number of ether oxygens (including phenoxy) is 1. The molecule has 26 heavy (non-hydrogen) atoms. The average molecular weight is 391 g/mol. The number of anilines is 1. The molecule has 0 radical (unpaired) electrons. The van der Waals surface area contributed by atoms with Crippen LogP contribution in [0.3, 0.4) is 0 Å². The Morgan fingerprint density at radius 2 is 2.19 bits per heavy atom. The van der Waals surface area contributed by atoms with Gasteiger partial charge in [0.05, 0.1) is 11.1 Å². The number of nitrogens with two attached hydrogens (primary N) is 1. The van der Waals surface area contributed by atoms with E-state index in [1.54, 1.807) is 36.5 Å². The predicted molar refractivity (Wildman–Crippen MR) is 105 cm³/mol. The smallest absolute Gasteiger partial charge is 0.191 e. The number of nitrogens with zero attached hydrogens (tertiary/aromatic N) is 5. The Labute approximate surface area is 160 Å².